The summed E-state index contributed by atoms with van der Waals surface area (Å²) in [6, 6.07) is 6.05. The summed E-state index contributed by atoms with van der Waals surface area (Å²) in [5.74, 6) is 1.34. The van der Waals surface area contributed by atoms with Crippen LogP contribution in [0.15, 0.2) is 24.4 Å². The molecule has 1 aromatic carbocycles. The normalized spacial score (nSPS) is 18.0. The largest absolute Gasteiger partial charge is 0.493 e. The van der Waals surface area contributed by atoms with Gasteiger partial charge in [-0.15, -0.1) is 0 Å². The first-order valence-electron chi connectivity index (χ1n) is 10.4. The summed E-state index contributed by atoms with van der Waals surface area (Å²) < 4.78 is 11.8. The number of nitrogens with one attached hydrogen (secondary N) is 1. The Kier molecular flexibility index (Phi) is 5.76. The first-order valence-corrected chi connectivity index (χ1v) is 10.4. The third-order valence-electron chi connectivity index (χ3n) is 6.00. The van der Waals surface area contributed by atoms with E-state index >= 15 is 0 Å². The lowest BCUT2D eigenvalue weighted by Crippen LogP contribution is -2.41. The minimum Gasteiger partial charge on any atom is -0.493 e. The molecule has 3 heterocycles. The summed E-state index contributed by atoms with van der Waals surface area (Å²) in [6.45, 7) is 7.79. The van der Waals surface area contributed by atoms with E-state index in [1.807, 2.05) is 23.1 Å². The first kappa shape index (κ1) is 19.8. The van der Waals surface area contributed by atoms with E-state index in [0.717, 1.165) is 43.6 Å². The van der Waals surface area contributed by atoms with Crippen molar-refractivity contribution in [2.45, 2.75) is 51.8 Å². The highest BCUT2D eigenvalue weighted by molar-refractivity contribution is 5.95. The van der Waals surface area contributed by atoms with E-state index in [0.29, 0.717) is 36.2 Å². The maximum atomic E-state index is 13.1. The van der Waals surface area contributed by atoms with E-state index < -0.39 is 0 Å². The lowest BCUT2D eigenvalue weighted by Gasteiger charge is -2.34. The Hall–Kier alpha value is -2.54. The average molecular weight is 399 g/mol. The SMILES string of the molecule is COc1ccc(C(=O)N2CCc3[nH]ncc3C2)cc1OC1CCN(C(C)C)CC1. The zero-order chi connectivity index (χ0) is 20.4. The van der Waals surface area contributed by atoms with Gasteiger partial charge in [0.15, 0.2) is 11.5 Å². The van der Waals surface area contributed by atoms with E-state index in [9.17, 15) is 4.79 Å². The van der Waals surface area contributed by atoms with Crippen LogP contribution < -0.4 is 9.47 Å². The Morgan fingerprint density at radius 2 is 2.00 bits per heavy atom. The van der Waals surface area contributed by atoms with Gasteiger partial charge in [0.1, 0.15) is 6.10 Å². The van der Waals surface area contributed by atoms with Gasteiger partial charge >= 0.3 is 0 Å². The van der Waals surface area contributed by atoms with Crippen LogP contribution in [0, 0.1) is 0 Å². The van der Waals surface area contributed by atoms with E-state index in [-0.39, 0.29) is 12.0 Å². The minimum absolute atomic E-state index is 0.0129. The molecule has 0 spiro atoms. The Morgan fingerprint density at radius 3 is 2.72 bits per heavy atom. The number of carbonyl (C=O) groups excluding carboxylic acids is 1. The van der Waals surface area contributed by atoms with E-state index in [1.54, 1.807) is 13.3 Å². The molecule has 7 heteroatoms. The van der Waals surface area contributed by atoms with Crippen molar-refractivity contribution in [3.63, 3.8) is 0 Å². The molecule has 0 bridgehead atoms. The Balaban J connectivity index is 1.46. The number of benzene rings is 1. The van der Waals surface area contributed by atoms with Crippen molar-refractivity contribution in [2.24, 2.45) is 0 Å². The quantitative estimate of drug-likeness (QED) is 0.839. The van der Waals surface area contributed by atoms with E-state index in [4.69, 9.17) is 9.47 Å². The zero-order valence-electron chi connectivity index (χ0n) is 17.5. The molecule has 1 saturated heterocycles. The number of carbonyl (C=O) groups is 1. The van der Waals surface area contributed by atoms with Crippen molar-refractivity contribution >= 4 is 5.91 Å². The number of amides is 1. The number of methoxy groups -OCH3 is 1. The van der Waals surface area contributed by atoms with Gasteiger partial charge in [0.2, 0.25) is 0 Å². The van der Waals surface area contributed by atoms with E-state index in [2.05, 4.69) is 28.9 Å². The molecular formula is C22H30N4O3. The number of nitrogens with zero attached hydrogens (tertiary/aromatic N) is 3. The van der Waals surface area contributed by atoms with Gasteiger partial charge in [0.05, 0.1) is 13.3 Å². The standard InChI is InChI=1S/C22H30N4O3/c1-15(2)25-9-6-18(7-10-25)29-21-12-16(4-5-20(21)28-3)22(27)26-11-8-19-17(14-26)13-23-24-19/h4-5,12-13,15,18H,6-11,14H2,1-3H3,(H,23,24). The number of rotatable bonds is 5. The molecule has 2 aliphatic heterocycles. The van der Waals surface area contributed by atoms with E-state index in [1.165, 1.54) is 0 Å². The van der Waals surface area contributed by atoms with Gasteiger partial charge in [-0.3, -0.25) is 9.89 Å². The molecule has 156 valence electrons. The van der Waals surface area contributed by atoms with Crippen LogP contribution in [0.25, 0.3) is 0 Å². The van der Waals surface area contributed by atoms with Crippen LogP contribution in [-0.2, 0) is 13.0 Å². The molecule has 1 N–H and O–H groups in total. The molecule has 1 aromatic heterocycles. The lowest BCUT2D eigenvalue weighted by atomic mass is 10.1. The van der Waals surface area contributed by atoms with Crippen LogP contribution in [0.1, 0.15) is 48.3 Å². The van der Waals surface area contributed by atoms with Crippen LogP contribution in [0.5, 0.6) is 11.5 Å². The van der Waals surface area contributed by atoms with Crippen molar-refractivity contribution in [2.75, 3.05) is 26.7 Å². The maximum absolute atomic E-state index is 13.1. The predicted molar refractivity (Wildman–Crippen MR) is 110 cm³/mol. The highest BCUT2D eigenvalue weighted by Crippen LogP contribution is 2.32. The molecule has 2 aliphatic rings. The maximum Gasteiger partial charge on any atom is 0.254 e. The van der Waals surface area contributed by atoms with Crippen molar-refractivity contribution < 1.29 is 14.3 Å². The molecule has 0 unspecified atom stereocenters. The van der Waals surface area contributed by atoms with Gasteiger partial charge in [0, 0.05) is 55.5 Å². The van der Waals surface area contributed by atoms with Crippen LogP contribution in [0.2, 0.25) is 0 Å². The van der Waals surface area contributed by atoms with Crippen LogP contribution in [0.3, 0.4) is 0 Å². The number of H-pyrrole nitrogens is 1. The first-order chi connectivity index (χ1) is 14.0. The fourth-order valence-electron chi connectivity index (χ4n) is 4.17. The van der Waals surface area contributed by atoms with Crippen molar-refractivity contribution in [3.05, 3.63) is 41.2 Å². The fraction of sp³-hybridized carbons (Fsp3) is 0.545. The van der Waals surface area contributed by atoms with Gasteiger partial charge in [0.25, 0.3) is 5.91 Å². The number of likely N-dealkylation sites (tertiary alicyclic amines) is 1. The summed E-state index contributed by atoms with van der Waals surface area (Å²) in [6.07, 6.45) is 4.72. The van der Waals surface area contributed by atoms with Crippen molar-refractivity contribution in [1.29, 1.82) is 0 Å². The second-order valence-corrected chi connectivity index (χ2v) is 8.16. The summed E-state index contributed by atoms with van der Waals surface area (Å²) in [7, 11) is 1.64. The minimum atomic E-state index is 0.0129. The monoisotopic (exact) mass is 398 g/mol. The summed E-state index contributed by atoms with van der Waals surface area (Å²) >= 11 is 0. The van der Waals surface area contributed by atoms with Gasteiger partial charge in [-0.2, -0.15) is 5.10 Å². The molecule has 29 heavy (non-hydrogen) atoms. The Bertz CT molecular complexity index is 855. The Labute approximate surface area is 172 Å². The molecule has 0 atom stereocenters. The number of hydrogen-bond acceptors (Lipinski definition) is 5. The van der Waals surface area contributed by atoms with Gasteiger partial charge in [-0.05, 0) is 44.9 Å². The third kappa shape index (κ3) is 4.24. The second kappa shape index (κ2) is 8.45. The number of ether oxygens (including phenoxy) is 2. The fourth-order valence-corrected chi connectivity index (χ4v) is 4.17. The molecule has 4 rings (SSSR count). The highest BCUT2D eigenvalue weighted by Gasteiger charge is 2.26. The highest BCUT2D eigenvalue weighted by atomic mass is 16.5. The molecule has 2 aromatic rings. The van der Waals surface area contributed by atoms with Crippen LogP contribution >= 0.6 is 0 Å². The number of aromatic nitrogens is 2. The predicted octanol–water partition coefficient (Wildman–Crippen LogP) is 2.87. The molecule has 0 aliphatic carbocycles. The molecule has 0 radical (unpaired) electrons. The lowest BCUT2D eigenvalue weighted by molar-refractivity contribution is 0.0727. The summed E-state index contributed by atoms with van der Waals surface area (Å²) in [5.41, 5.74) is 2.85. The third-order valence-corrected chi connectivity index (χ3v) is 6.00. The van der Waals surface area contributed by atoms with Gasteiger partial charge < -0.3 is 19.3 Å². The number of fused-ring (bicyclic) bond motifs is 1. The van der Waals surface area contributed by atoms with Crippen LogP contribution in [0.4, 0.5) is 0 Å². The van der Waals surface area contributed by atoms with Crippen LogP contribution in [-0.4, -0.2) is 64.8 Å². The second-order valence-electron chi connectivity index (χ2n) is 8.16. The zero-order valence-corrected chi connectivity index (χ0v) is 17.5. The van der Waals surface area contributed by atoms with Gasteiger partial charge in [-0.25, -0.2) is 0 Å². The molecule has 1 amide bonds. The number of piperidine rings is 1. The number of aromatic amines is 1. The van der Waals surface area contributed by atoms with Crippen molar-refractivity contribution in [3.8, 4) is 11.5 Å². The molecular weight excluding hydrogens is 368 g/mol. The molecule has 0 saturated carbocycles. The Morgan fingerprint density at radius 1 is 1.21 bits per heavy atom. The van der Waals surface area contributed by atoms with Crippen molar-refractivity contribution in [1.82, 2.24) is 20.0 Å². The topological polar surface area (TPSA) is 70.7 Å². The number of hydrogen-bond donors (Lipinski definition) is 1. The molecule has 1 fully saturated rings. The average Bonchev–Trinajstić information content (AvgIpc) is 3.21. The smallest absolute Gasteiger partial charge is 0.254 e. The summed E-state index contributed by atoms with van der Waals surface area (Å²) in [4.78, 5) is 17.4. The summed E-state index contributed by atoms with van der Waals surface area (Å²) in [5, 5.41) is 7.09. The van der Waals surface area contributed by atoms with Gasteiger partial charge in [-0.1, -0.05) is 0 Å². The molecule has 7 nitrogen and oxygen atoms in total.